The van der Waals surface area contributed by atoms with Crippen molar-refractivity contribution in [2.24, 2.45) is 0 Å². The zero-order chi connectivity index (χ0) is 24.0. The third kappa shape index (κ3) is 4.08. The van der Waals surface area contributed by atoms with Crippen LogP contribution in [-0.2, 0) is 17.9 Å². The average molecular weight is 491 g/mol. The topological polar surface area (TPSA) is 66.4 Å². The quantitative estimate of drug-likeness (QED) is 0.547. The molecule has 0 bridgehead atoms. The average Bonchev–Trinajstić information content (AvgIpc) is 3.62. The summed E-state index contributed by atoms with van der Waals surface area (Å²) in [5, 5.41) is 8.78. The number of fused-ring (bicyclic) bond motifs is 3. The predicted molar refractivity (Wildman–Crippen MR) is 140 cm³/mol. The fourth-order valence-corrected chi connectivity index (χ4v) is 6.99. The first-order valence-corrected chi connectivity index (χ1v) is 13.9. The summed E-state index contributed by atoms with van der Waals surface area (Å²) in [4.78, 5) is 29.5. The van der Waals surface area contributed by atoms with Crippen molar-refractivity contribution < 1.29 is 9.59 Å². The second-order valence-corrected chi connectivity index (χ2v) is 11.6. The van der Waals surface area contributed by atoms with Crippen molar-refractivity contribution in [3.63, 3.8) is 0 Å². The molecule has 3 aliphatic rings. The molecule has 2 N–H and O–H groups in total. The van der Waals surface area contributed by atoms with Gasteiger partial charge in [-0.1, -0.05) is 37.1 Å². The lowest BCUT2D eigenvalue weighted by atomic mass is 9.89. The number of amides is 2. The molecule has 3 aromatic rings. The number of hydrogen-bond acceptors (Lipinski definition) is 4. The van der Waals surface area contributed by atoms with E-state index in [1.165, 1.54) is 5.56 Å². The summed E-state index contributed by atoms with van der Waals surface area (Å²) in [7, 11) is 0. The highest BCUT2D eigenvalue weighted by Crippen LogP contribution is 2.36. The van der Waals surface area contributed by atoms with Gasteiger partial charge >= 0.3 is 0 Å². The Morgan fingerprint density at radius 1 is 1.11 bits per heavy atom. The molecule has 6 rings (SSSR count). The van der Waals surface area contributed by atoms with Gasteiger partial charge in [-0.3, -0.25) is 9.59 Å². The number of aromatic nitrogens is 1. The second kappa shape index (κ2) is 9.10. The molecule has 1 unspecified atom stereocenters. The molecule has 184 valence electrons. The van der Waals surface area contributed by atoms with Gasteiger partial charge in [0, 0.05) is 12.6 Å². The van der Waals surface area contributed by atoms with E-state index in [9.17, 15) is 9.59 Å². The van der Waals surface area contributed by atoms with Crippen LogP contribution in [0.5, 0.6) is 0 Å². The van der Waals surface area contributed by atoms with Gasteiger partial charge in [-0.05, 0) is 80.3 Å². The first kappa shape index (κ1) is 22.8. The van der Waals surface area contributed by atoms with Crippen molar-refractivity contribution in [3.8, 4) is 0 Å². The van der Waals surface area contributed by atoms with E-state index in [4.69, 9.17) is 0 Å². The minimum atomic E-state index is -0.950. The number of hydrogen-bond donors (Lipinski definition) is 2. The Bertz CT molecular complexity index is 1230. The number of rotatable bonds is 5. The third-order valence-electron chi connectivity index (χ3n) is 8.36. The van der Waals surface area contributed by atoms with Crippen molar-refractivity contribution in [2.75, 3.05) is 13.1 Å². The number of carbonyl (C=O) groups is 2. The summed E-state index contributed by atoms with van der Waals surface area (Å²) in [6, 6.07) is 13.0. The van der Waals surface area contributed by atoms with Crippen LogP contribution in [0.3, 0.4) is 0 Å². The van der Waals surface area contributed by atoms with Crippen LogP contribution >= 0.6 is 11.3 Å². The summed E-state index contributed by atoms with van der Waals surface area (Å²) >= 11 is 1.64. The first-order chi connectivity index (χ1) is 17.0. The summed E-state index contributed by atoms with van der Waals surface area (Å²) in [5.74, 6) is 0.499. The highest BCUT2D eigenvalue weighted by molar-refractivity contribution is 7.17. The molecular weight excluding hydrogens is 456 g/mol. The van der Waals surface area contributed by atoms with Gasteiger partial charge in [0.1, 0.15) is 11.2 Å². The molecule has 1 aliphatic carbocycles. The zero-order valence-electron chi connectivity index (χ0n) is 20.4. The molecule has 7 heteroatoms. The van der Waals surface area contributed by atoms with Gasteiger partial charge in [-0.15, -0.1) is 11.3 Å². The molecule has 2 aliphatic heterocycles. The molecular formula is C28H34N4O2S. The van der Waals surface area contributed by atoms with E-state index in [1.807, 2.05) is 17.9 Å². The van der Waals surface area contributed by atoms with Crippen LogP contribution in [-0.4, -0.2) is 46.0 Å². The lowest BCUT2D eigenvalue weighted by Gasteiger charge is -2.44. The lowest BCUT2D eigenvalue weighted by Crippen LogP contribution is -2.64. The summed E-state index contributed by atoms with van der Waals surface area (Å²) in [5.41, 5.74) is 3.22. The summed E-state index contributed by atoms with van der Waals surface area (Å²) in [6.07, 6.45) is 6.69. The van der Waals surface area contributed by atoms with Gasteiger partial charge in [-0.25, -0.2) is 0 Å². The molecule has 2 aromatic heterocycles. The molecule has 1 saturated heterocycles. The SMILES string of the molecule is CC1(C(=O)NC2CCCC2)Cn2c(cc3sccc32)C(=O)N1Cc1ccc(C2CCNCC2)cc1. The van der Waals surface area contributed by atoms with E-state index >= 15 is 0 Å². The van der Waals surface area contributed by atoms with Crippen molar-refractivity contribution in [1.82, 2.24) is 20.1 Å². The van der Waals surface area contributed by atoms with Gasteiger partial charge in [0.25, 0.3) is 5.91 Å². The zero-order valence-corrected chi connectivity index (χ0v) is 21.2. The molecule has 1 saturated carbocycles. The standard InChI is InChI=1S/C28H34N4O2S/c1-28(27(34)30-22-4-2-3-5-22)18-31-23-12-15-35-25(23)16-24(31)26(33)32(28)17-19-6-8-20(9-7-19)21-10-13-29-14-11-21/h6-9,12,15-16,21-22,29H,2-5,10-11,13-14,17-18H2,1H3,(H,30,34). The number of piperidine rings is 1. The molecule has 4 heterocycles. The summed E-state index contributed by atoms with van der Waals surface area (Å²) in [6.45, 7) is 4.99. The molecule has 2 amide bonds. The van der Waals surface area contributed by atoms with Crippen LogP contribution in [0.2, 0.25) is 0 Å². The minimum Gasteiger partial charge on any atom is -0.351 e. The molecule has 2 fully saturated rings. The van der Waals surface area contributed by atoms with E-state index in [2.05, 4.69) is 50.9 Å². The van der Waals surface area contributed by atoms with Crippen LogP contribution in [0, 0.1) is 0 Å². The van der Waals surface area contributed by atoms with E-state index in [1.54, 1.807) is 11.3 Å². The monoisotopic (exact) mass is 490 g/mol. The lowest BCUT2D eigenvalue weighted by molar-refractivity contribution is -0.133. The van der Waals surface area contributed by atoms with Gasteiger partial charge < -0.3 is 20.1 Å². The largest absolute Gasteiger partial charge is 0.351 e. The molecule has 0 radical (unpaired) electrons. The normalized spacial score (nSPS) is 23.7. The van der Waals surface area contributed by atoms with Crippen molar-refractivity contribution >= 4 is 33.4 Å². The molecule has 1 aromatic carbocycles. The van der Waals surface area contributed by atoms with Crippen molar-refractivity contribution in [2.45, 2.75) is 76.0 Å². The van der Waals surface area contributed by atoms with Crippen LogP contribution in [0.15, 0.2) is 41.8 Å². The molecule has 6 nitrogen and oxygen atoms in total. The minimum absolute atomic E-state index is 0.0354. The molecule has 0 spiro atoms. The van der Waals surface area contributed by atoms with Crippen LogP contribution in [0.4, 0.5) is 0 Å². The smallest absolute Gasteiger partial charge is 0.271 e. The Morgan fingerprint density at radius 2 is 1.86 bits per heavy atom. The van der Waals surface area contributed by atoms with Crippen LogP contribution in [0.1, 0.15) is 73.0 Å². The predicted octanol–water partition coefficient (Wildman–Crippen LogP) is 4.64. The number of nitrogens with zero attached hydrogens (tertiary/aromatic N) is 2. The highest BCUT2D eigenvalue weighted by Gasteiger charge is 2.48. The maximum atomic E-state index is 13.9. The van der Waals surface area contributed by atoms with E-state index in [-0.39, 0.29) is 17.9 Å². The van der Waals surface area contributed by atoms with Crippen LogP contribution in [0.25, 0.3) is 10.2 Å². The fourth-order valence-electron chi connectivity index (χ4n) is 6.16. The van der Waals surface area contributed by atoms with Gasteiger partial charge in [0.05, 0.1) is 16.8 Å². The summed E-state index contributed by atoms with van der Waals surface area (Å²) < 4.78 is 3.15. The van der Waals surface area contributed by atoms with Crippen LogP contribution < -0.4 is 10.6 Å². The Hall–Kier alpha value is -2.64. The van der Waals surface area contributed by atoms with E-state index < -0.39 is 5.54 Å². The Labute approximate surface area is 210 Å². The second-order valence-electron chi connectivity index (χ2n) is 10.7. The van der Waals surface area contributed by atoms with E-state index in [0.29, 0.717) is 24.7 Å². The van der Waals surface area contributed by atoms with E-state index in [0.717, 1.165) is 67.4 Å². The molecule has 1 atom stereocenters. The number of benzene rings is 1. The number of nitrogens with one attached hydrogen (secondary N) is 2. The maximum Gasteiger partial charge on any atom is 0.271 e. The third-order valence-corrected chi connectivity index (χ3v) is 9.21. The number of thiophene rings is 1. The fraction of sp³-hybridized carbons (Fsp3) is 0.500. The molecule has 35 heavy (non-hydrogen) atoms. The van der Waals surface area contributed by atoms with Gasteiger partial charge in [0.2, 0.25) is 5.91 Å². The number of carbonyl (C=O) groups excluding carboxylic acids is 2. The van der Waals surface area contributed by atoms with Gasteiger partial charge in [-0.2, -0.15) is 0 Å². The Kier molecular flexibility index (Phi) is 5.93. The highest BCUT2D eigenvalue weighted by atomic mass is 32.1. The van der Waals surface area contributed by atoms with Gasteiger partial charge in [0.15, 0.2) is 0 Å². The van der Waals surface area contributed by atoms with Crippen molar-refractivity contribution in [3.05, 3.63) is 58.6 Å². The first-order valence-electron chi connectivity index (χ1n) is 13.0. The van der Waals surface area contributed by atoms with Crippen molar-refractivity contribution in [1.29, 1.82) is 0 Å². The Morgan fingerprint density at radius 3 is 2.60 bits per heavy atom. The maximum absolute atomic E-state index is 13.9. The Balaban J connectivity index is 1.31.